The van der Waals surface area contributed by atoms with Gasteiger partial charge in [-0.1, -0.05) is 13.8 Å². The average Bonchev–Trinajstić information content (AvgIpc) is 2.66. The summed E-state index contributed by atoms with van der Waals surface area (Å²) in [4.78, 5) is 11.9. The molecule has 2 aliphatic rings. The van der Waals surface area contributed by atoms with E-state index in [4.69, 9.17) is 9.47 Å². The van der Waals surface area contributed by atoms with Crippen LogP contribution in [0, 0.1) is 16.7 Å². The van der Waals surface area contributed by atoms with E-state index in [1.54, 1.807) is 0 Å². The molecule has 3 nitrogen and oxygen atoms in total. The van der Waals surface area contributed by atoms with Crippen LogP contribution >= 0.6 is 0 Å². The molecule has 3 atom stereocenters. The summed E-state index contributed by atoms with van der Waals surface area (Å²) in [7, 11) is 0. The van der Waals surface area contributed by atoms with Gasteiger partial charge in [0.15, 0.2) is 0 Å². The summed E-state index contributed by atoms with van der Waals surface area (Å²) in [5, 5.41) is 0. The summed E-state index contributed by atoms with van der Waals surface area (Å²) in [5.74, 6) is 0.180. The molecule has 0 aromatic rings. The van der Waals surface area contributed by atoms with E-state index >= 15 is 0 Å². The number of ether oxygens (including phenoxy) is 2. The molecule has 0 spiro atoms. The van der Waals surface area contributed by atoms with Crippen molar-refractivity contribution in [3.05, 3.63) is 0 Å². The van der Waals surface area contributed by atoms with Gasteiger partial charge < -0.3 is 9.47 Å². The maximum atomic E-state index is 11.9. The first-order chi connectivity index (χ1) is 8.07. The van der Waals surface area contributed by atoms with Crippen LogP contribution in [0.25, 0.3) is 0 Å². The quantitative estimate of drug-likeness (QED) is 0.710. The Hall–Kier alpha value is -0.570. The Kier molecular flexibility index (Phi) is 3.05. The predicted molar refractivity (Wildman–Crippen MR) is 70.2 cm³/mol. The molecule has 2 heterocycles. The number of fused-ring (bicyclic) bond motifs is 2. The highest BCUT2D eigenvalue weighted by Gasteiger charge is 2.61. The number of esters is 1. The first-order valence-corrected chi connectivity index (χ1v) is 6.92. The normalized spacial score (nSPS) is 37.9. The van der Waals surface area contributed by atoms with Crippen molar-refractivity contribution in [2.75, 3.05) is 6.61 Å². The highest BCUT2D eigenvalue weighted by Crippen LogP contribution is 2.57. The minimum absolute atomic E-state index is 0.102. The Morgan fingerprint density at radius 3 is 2.39 bits per heavy atom. The Bertz CT molecular complexity index is 348. The molecule has 2 rings (SSSR count). The van der Waals surface area contributed by atoms with E-state index < -0.39 is 5.41 Å². The van der Waals surface area contributed by atoms with Gasteiger partial charge in [-0.2, -0.15) is 0 Å². The van der Waals surface area contributed by atoms with Crippen LogP contribution in [-0.4, -0.2) is 24.3 Å². The summed E-state index contributed by atoms with van der Waals surface area (Å²) < 4.78 is 11.6. The fourth-order valence-corrected chi connectivity index (χ4v) is 3.42. The second-order valence-electron chi connectivity index (χ2n) is 7.68. The highest BCUT2D eigenvalue weighted by atomic mass is 16.5. The van der Waals surface area contributed by atoms with Crippen molar-refractivity contribution in [2.45, 2.75) is 66.1 Å². The van der Waals surface area contributed by atoms with Gasteiger partial charge in [-0.05, 0) is 46.0 Å². The summed E-state index contributed by atoms with van der Waals surface area (Å²) in [5.41, 5.74) is -0.430. The third kappa shape index (κ3) is 2.07. The van der Waals surface area contributed by atoms with E-state index in [1.165, 1.54) is 0 Å². The lowest BCUT2D eigenvalue weighted by Gasteiger charge is -2.39. The van der Waals surface area contributed by atoms with E-state index in [0.29, 0.717) is 18.6 Å². The molecule has 0 N–H and O–H groups in total. The van der Waals surface area contributed by atoms with Crippen LogP contribution in [0.15, 0.2) is 0 Å². The summed E-state index contributed by atoms with van der Waals surface area (Å²) in [6, 6.07) is 0. The molecule has 0 radical (unpaired) electrons. The van der Waals surface area contributed by atoms with Crippen LogP contribution < -0.4 is 0 Å². The van der Waals surface area contributed by atoms with Crippen LogP contribution in [0.2, 0.25) is 0 Å². The Morgan fingerprint density at radius 1 is 1.33 bits per heavy atom. The summed E-state index contributed by atoms with van der Waals surface area (Å²) >= 11 is 0. The highest BCUT2D eigenvalue weighted by molar-refractivity contribution is 5.75. The third-order valence-electron chi connectivity index (χ3n) is 4.77. The molecule has 0 aliphatic carbocycles. The largest absolute Gasteiger partial charge is 0.465 e. The fourth-order valence-electron chi connectivity index (χ4n) is 3.42. The summed E-state index contributed by atoms with van der Waals surface area (Å²) in [6.07, 6.45) is 2.53. The molecule has 0 aromatic carbocycles. The van der Waals surface area contributed by atoms with Crippen molar-refractivity contribution < 1.29 is 14.3 Å². The van der Waals surface area contributed by atoms with Crippen molar-refractivity contribution in [1.82, 2.24) is 0 Å². The van der Waals surface area contributed by atoms with Crippen molar-refractivity contribution in [3.63, 3.8) is 0 Å². The summed E-state index contributed by atoms with van der Waals surface area (Å²) in [6.45, 7) is 12.8. The Labute approximate surface area is 110 Å². The number of carbonyl (C=O) groups is 1. The van der Waals surface area contributed by atoms with E-state index in [2.05, 4.69) is 20.8 Å². The topological polar surface area (TPSA) is 35.5 Å². The lowest BCUT2D eigenvalue weighted by atomic mass is 9.64. The van der Waals surface area contributed by atoms with Crippen LogP contribution in [0.5, 0.6) is 0 Å². The number of rotatable bonds is 2. The number of hydrogen-bond donors (Lipinski definition) is 0. The van der Waals surface area contributed by atoms with Crippen LogP contribution in [0.1, 0.15) is 54.4 Å². The molecule has 3 heteroatoms. The molecule has 2 aliphatic heterocycles. The molecule has 0 saturated carbocycles. The molecule has 2 bridgehead atoms. The SMILES string of the molecule is CC(C)(C)C(=O)OC[C@H]1C(C)(C)[C@@H]2CC[C@@]1(C)O2. The lowest BCUT2D eigenvalue weighted by molar-refractivity contribution is -0.157. The minimum atomic E-state index is -0.427. The standard InChI is InChI=1S/C15H26O3/c1-13(2,3)12(16)17-9-10-14(4,5)11-7-8-15(10,6)18-11/h10-11H,7-9H2,1-6H3/t10-,11-,15+/m0/s1. The van der Waals surface area contributed by atoms with Crippen LogP contribution in [-0.2, 0) is 14.3 Å². The van der Waals surface area contributed by atoms with Gasteiger partial charge in [0.05, 0.1) is 23.7 Å². The molecule has 18 heavy (non-hydrogen) atoms. The number of hydrogen-bond acceptors (Lipinski definition) is 3. The Morgan fingerprint density at radius 2 is 1.94 bits per heavy atom. The molecule has 2 fully saturated rings. The van der Waals surface area contributed by atoms with Gasteiger partial charge in [-0.15, -0.1) is 0 Å². The zero-order valence-electron chi connectivity index (χ0n) is 12.5. The van der Waals surface area contributed by atoms with Gasteiger partial charge >= 0.3 is 5.97 Å². The van der Waals surface area contributed by atoms with Crippen LogP contribution in [0.3, 0.4) is 0 Å². The predicted octanol–water partition coefficient (Wildman–Crippen LogP) is 3.17. The van der Waals surface area contributed by atoms with Gasteiger partial charge in [0.1, 0.15) is 0 Å². The van der Waals surface area contributed by atoms with Gasteiger partial charge in [-0.25, -0.2) is 0 Å². The first-order valence-electron chi connectivity index (χ1n) is 6.92. The Balaban J connectivity index is 2.04. The van der Waals surface area contributed by atoms with Gasteiger partial charge in [-0.3, -0.25) is 4.79 Å². The zero-order chi connectivity index (χ0) is 13.8. The second kappa shape index (κ2) is 3.96. The fraction of sp³-hybridized carbons (Fsp3) is 0.933. The van der Waals surface area contributed by atoms with Gasteiger partial charge in [0.25, 0.3) is 0 Å². The molecule has 2 saturated heterocycles. The molecule has 104 valence electrons. The number of carbonyl (C=O) groups excluding carboxylic acids is 1. The molecule has 0 unspecified atom stereocenters. The van der Waals surface area contributed by atoms with Crippen LogP contribution in [0.4, 0.5) is 0 Å². The molecule has 0 amide bonds. The van der Waals surface area contributed by atoms with E-state index in [-0.39, 0.29) is 17.0 Å². The van der Waals surface area contributed by atoms with Crippen molar-refractivity contribution >= 4 is 5.97 Å². The zero-order valence-corrected chi connectivity index (χ0v) is 12.5. The van der Waals surface area contributed by atoms with Crippen molar-refractivity contribution in [1.29, 1.82) is 0 Å². The lowest BCUT2D eigenvalue weighted by Crippen LogP contribution is -2.44. The van der Waals surface area contributed by atoms with Gasteiger partial charge in [0, 0.05) is 5.92 Å². The smallest absolute Gasteiger partial charge is 0.311 e. The molecular weight excluding hydrogens is 228 g/mol. The minimum Gasteiger partial charge on any atom is -0.465 e. The van der Waals surface area contributed by atoms with E-state index in [9.17, 15) is 4.79 Å². The maximum Gasteiger partial charge on any atom is 0.311 e. The first kappa shape index (κ1) is 13.9. The van der Waals surface area contributed by atoms with Crippen molar-refractivity contribution in [2.24, 2.45) is 16.7 Å². The molecular formula is C15H26O3. The van der Waals surface area contributed by atoms with E-state index in [1.807, 2.05) is 20.8 Å². The second-order valence-corrected chi connectivity index (χ2v) is 7.68. The van der Waals surface area contributed by atoms with Gasteiger partial charge in [0.2, 0.25) is 0 Å². The molecule has 0 aromatic heterocycles. The van der Waals surface area contributed by atoms with E-state index in [0.717, 1.165) is 12.8 Å². The third-order valence-corrected chi connectivity index (χ3v) is 4.77. The maximum absolute atomic E-state index is 11.9. The van der Waals surface area contributed by atoms with Crippen molar-refractivity contribution in [3.8, 4) is 0 Å². The average molecular weight is 254 g/mol. The monoisotopic (exact) mass is 254 g/mol.